The Hall–Kier alpha value is -1.36. The number of aliphatic hydroxyl groups is 1. The van der Waals surface area contributed by atoms with Gasteiger partial charge in [-0.05, 0) is 24.4 Å². The van der Waals surface area contributed by atoms with Crippen molar-refractivity contribution in [1.82, 2.24) is 5.32 Å². The van der Waals surface area contributed by atoms with Crippen LogP contribution < -0.4 is 5.32 Å². The summed E-state index contributed by atoms with van der Waals surface area (Å²) in [5, 5.41) is 15.4. The van der Waals surface area contributed by atoms with E-state index >= 15 is 0 Å². The number of rotatable bonds is 4. The highest BCUT2D eigenvalue weighted by molar-refractivity contribution is 7.12. The Bertz CT molecular complexity index is 567. The summed E-state index contributed by atoms with van der Waals surface area (Å²) in [6.45, 7) is 1.73. The molecule has 100 valence electrons. The lowest BCUT2D eigenvalue weighted by Gasteiger charge is -2.25. The van der Waals surface area contributed by atoms with Crippen LogP contribution in [0.15, 0.2) is 41.8 Å². The van der Waals surface area contributed by atoms with Crippen LogP contribution in [0.4, 0.5) is 0 Å². The molecule has 1 aromatic heterocycles. The van der Waals surface area contributed by atoms with E-state index in [-0.39, 0.29) is 12.5 Å². The summed E-state index contributed by atoms with van der Waals surface area (Å²) in [7, 11) is 0. The molecule has 2 N–H and O–H groups in total. The van der Waals surface area contributed by atoms with Crippen LogP contribution in [0.1, 0.15) is 22.2 Å². The maximum Gasteiger partial charge on any atom is 0.261 e. The summed E-state index contributed by atoms with van der Waals surface area (Å²) in [5.74, 6) is -0.192. The molecule has 0 saturated carbocycles. The molecule has 1 aromatic carbocycles. The van der Waals surface area contributed by atoms with Gasteiger partial charge < -0.3 is 10.4 Å². The van der Waals surface area contributed by atoms with Crippen LogP contribution in [0.3, 0.4) is 0 Å². The molecule has 1 unspecified atom stereocenters. The Morgan fingerprint density at radius 3 is 2.74 bits per heavy atom. The van der Waals surface area contributed by atoms with Gasteiger partial charge in [0.2, 0.25) is 0 Å². The van der Waals surface area contributed by atoms with Gasteiger partial charge in [-0.15, -0.1) is 11.3 Å². The number of hydrogen-bond acceptors (Lipinski definition) is 3. The van der Waals surface area contributed by atoms with Crippen molar-refractivity contribution >= 4 is 28.8 Å². The first-order valence-electron chi connectivity index (χ1n) is 5.80. The van der Waals surface area contributed by atoms with Gasteiger partial charge in [-0.25, -0.2) is 0 Å². The number of halogens is 1. The number of hydrogen-bond donors (Lipinski definition) is 2. The van der Waals surface area contributed by atoms with Crippen LogP contribution >= 0.6 is 22.9 Å². The quantitative estimate of drug-likeness (QED) is 0.911. The second-order valence-corrected chi connectivity index (χ2v) is 5.77. The Labute approximate surface area is 120 Å². The van der Waals surface area contributed by atoms with Crippen molar-refractivity contribution in [3.05, 3.63) is 57.2 Å². The number of thiophene rings is 1. The lowest BCUT2D eigenvalue weighted by atomic mass is 9.96. The predicted octanol–water partition coefficient (Wildman–Crippen LogP) is 3.04. The maximum atomic E-state index is 11.8. The first-order valence-corrected chi connectivity index (χ1v) is 7.05. The Kier molecular flexibility index (Phi) is 4.24. The third-order valence-electron chi connectivity index (χ3n) is 2.79. The van der Waals surface area contributed by atoms with E-state index in [0.29, 0.717) is 15.5 Å². The minimum Gasteiger partial charge on any atom is -0.384 e. The van der Waals surface area contributed by atoms with Gasteiger partial charge in [0.1, 0.15) is 5.60 Å². The van der Waals surface area contributed by atoms with E-state index < -0.39 is 5.60 Å². The largest absolute Gasteiger partial charge is 0.384 e. The van der Waals surface area contributed by atoms with Gasteiger partial charge in [-0.3, -0.25) is 4.79 Å². The zero-order valence-electron chi connectivity index (χ0n) is 10.4. The van der Waals surface area contributed by atoms with Crippen LogP contribution in [-0.4, -0.2) is 17.6 Å². The van der Waals surface area contributed by atoms with E-state index in [1.54, 1.807) is 37.3 Å². The first-order chi connectivity index (χ1) is 9.00. The summed E-state index contributed by atoms with van der Waals surface area (Å²) < 4.78 is 0. The molecule has 1 amide bonds. The number of amides is 1. The van der Waals surface area contributed by atoms with E-state index in [4.69, 9.17) is 11.6 Å². The Morgan fingerprint density at radius 1 is 1.37 bits per heavy atom. The molecule has 2 aromatic rings. The van der Waals surface area contributed by atoms with Crippen molar-refractivity contribution in [3.63, 3.8) is 0 Å². The molecule has 2 rings (SSSR count). The second kappa shape index (κ2) is 5.74. The number of carbonyl (C=O) groups is 1. The highest BCUT2D eigenvalue weighted by Gasteiger charge is 2.26. The van der Waals surface area contributed by atoms with Crippen molar-refractivity contribution in [2.75, 3.05) is 6.54 Å². The van der Waals surface area contributed by atoms with Crippen LogP contribution in [0, 0.1) is 0 Å². The smallest absolute Gasteiger partial charge is 0.261 e. The number of nitrogens with one attached hydrogen (secondary N) is 1. The van der Waals surface area contributed by atoms with Gasteiger partial charge in [-0.2, -0.15) is 0 Å². The highest BCUT2D eigenvalue weighted by atomic mass is 35.5. The fraction of sp³-hybridized carbons (Fsp3) is 0.214. The third kappa shape index (κ3) is 3.35. The van der Waals surface area contributed by atoms with Crippen molar-refractivity contribution in [3.8, 4) is 0 Å². The molecule has 0 radical (unpaired) electrons. The minimum atomic E-state index is -1.20. The summed E-state index contributed by atoms with van der Waals surface area (Å²) >= 11 is 7.41. The molecule has 3 nitrogen and oxygen atoms in total. The molecule has 1 atom stereocenters. The van der Waals surface area contributed by atoms with Crippen molar-refractivity contribution in [2.24, 2.45) is 0 Å². The SMILES string of the molecule is CC(O)(CNC(=O)c1cccs1)c1ccccc1Cl. The van der Waals surface area contributed by atoms with E-state index in [9.17, 15) is 9.90 Å². The number of benzene rings is 1. The molecule has 0 saturated heterocycles. The van der Waals surface area contributed by atoms with Gasteiger partial charge in [0.25, 0.3) is 5.91 Å². The summed E-state index contributed by atoms with van der Waals surface area (Å²) in [5.41, 5.74) is -0.603. The lowest BCUT2D eigenvalue weighted by molar-refractivity contribution is 0.0528. The normalized spacial score (nSPS) is 13.8. The molecule has 0 bridgehead atoms. The van der Waals surface area contributed by atoms with Gasteiger partial charge in [0, 0.05) is 10.6 Å². The van der Waals surface area contributed by atoms with Gasteiger partial charge >= 0.3 is 0 Å². The zero-order valence-corrected chi connectivity index (χ0v) is 12.0. The summed E-state index contributed by atoms with van der Waals surface area (Å²) in [4.78, 5) is 12.4. The lowest BCUT2D eigenvalue weighted by Crippen LogP contribution is -2.38. The number of carbonyl (C=O) groups excluding carboxylic acids is 1. The van der Waals surface area contributed by atoms with Crippen LogP contribution in [0.2, 0.25) is 5.02 Å². The molecule has 0 fully saturated rings. The van der Waals surface area contributed by atoms with E-state index in [2.05, 4.69) is 5.32 Å². The average Bonchev–Trinajstić information content (AvgIpc) is 2.90. The molecule has 0 aliphatic heterocycles. The van der Waals surface area contributed by atoms with Gasteiger partial charge in [0.05, 0.1) is 11.4 Å². The third-order valence-corrected chi connectivity index (χ3v) is 3.99. The van der Waals surface area contributed by atoms with Crippen molar-refractivity contribution < 1.29 is 9.90 Å². The summed E-state index contributed by atoms with van der Waals surface area (Å²) in [6, 6.07) is 10.6. The molecule has 0 aliphatic rings. The first kappa shape index (κ1) is 14.1. The standard InChI is InChI=1S/C14H14ClNO2S/c1-14(18,10-5-2-3-6-11(10)15)9-16-13(17)12-7-4-8-19-12/h2-8,18H,9H2,1H3,(H,16,17). The molecule has 5 heteroatoms. The molecule has 0 spiro atoms. The van der Waals surface area contributed by atoms with E-state index in [1.807, 2.05) is 11.4 Å². The Morgan fingerprint density at radius 2 is 2.11 bits per heavy atom. The average molecular weight is 296 g/mol. The summed E-state index contributed by atoms with van der Waals surface area (Å²) in [6.07, 6.45) is 0. The van der Waals surface area contributed by atoms with E-state index in [1.165, 1.54) is 11.3 Å². The zero-order chi connectivity index (χ0) is 13.9. The van der Waals surface area contributed by atoms with Gasteiger partial charge in [0.15, 0.2) is 0 Å². The van der Waals surface area contributed by atoms with Crippen LogP contribution in [0.25, 0.3) is 0 Å². The Balaban J connectivity index is 2.06. The molecule has 0 aliphatic carbocycles. The predicted molar refractivity (Wildman–Crippen MR) is 77.7 cm³/mol. The van der Waals surface area contributed by atoms with Crippen LogP contribution in [-0.2, 0) is 5.60 Å². The van der Waals surface area contributed by atoms with E-state index in [0.717, 1.165) is 0 Å². The molecule has 1 heterocycles. The molecular formula is C14H14ClNO2S. The highest BCUT2D eigenvalue weighted by Crippen LogP contribution is 2.27. The second-order valence-electron chi connectivity index (χ2n) is 4.41. The molecule has 19 heavy (non-hydrogen) atoms. The topological polar surface area (TPSA) is 49.3 Å². The fourth-order valence-electron chi connectivity index (χ4n) is 1.74. The minimum absolute atomic E-state index is 0.105. The molecular weight excluding hydrogens is 282 g/mol. The fourth-order valence-corrected chi connectivity index (χ4v) is 2.72. The van der Waals surface area contributed by atoms with Gasteiger partial charge in [-0.1, -0.05) is 35.9 Å². The van der Waals surface area contributed by atoms with Crippen LogP contribution in [0.5, 0.6) is 0 Å². The van der Waals surface area contributed by atoms with Crippen molar-refractivity contribution in [1.29, 1.82) is 0 Å². The van der Waals surface area contributed by atoms with Crippen molar-refractivity contribution in [2.45, 2.75) is 12.5 Å². The monoisotopic (exact) mass is 295 g/mol. The maximum absolute atomic E-state index is 11.8.